The third kappa shape index (κ3) is 5.82. The van der Waals surface area contributed by atoms with E-state index in [4.69, 9.17) is 14.6 Å². The van der Waals surface area contributed by atoms with Gasteiger partial charge in [-0.05, 0) is 25.5 Å². The Balaban J connectivity index is 2.40. The minimum atomic E-state index is -1.52. The molecule has 128 valence electrons. The number of nitrogens with one attached hydrogen (secondary N) is 1. The van der Waals surface area contributed by atoms with Crippen LogP contribution in [0.1, 0.15) is 19.8 Å². The fourth-order valence-corrected chi connectivity index (χ4v) is 1.82. The molecule has 0 spiro atoms. The molecule has 1 aromatic rings. The van der Waals surface area contributed by atoms with Crippen molar-refractivity contribution in [2.75, 3.05) is 20.3 Å². The van der Waals surface area contributed by atoms with Gasteiger partial charge in [0.05, 0.1) is 13.2 Å². The van der Waals surface area contributed by atoms with Crippen LogP contribution in [0.5, 0.6) is 5.75 Å². The molecule has 0 aliphatic rings. The number of carbonyl (C=O) groups is 2. The lowest BCUT2D eigenvalue weighted by Crippen LogP contribution is -2.55. The highest BCUT2D eigenvalue weighted by Crippen LogP contribution is 2.17. The summed E-state index contributed by atoms with van der Waals surface area (Å²) in [5.74, 6) is -3.35. The SMILES string of the molecule is COCC(C)(NC(=O)CCCOc1ccc(F)cc1F)C(=O)O. The van der Waals surface area contributed by atoms with Crippen molar-refractivity contribution in [1.29, 1.82) is 0 Å². The molecule has 0 aliphatic heterocycles. The lowest BCUT2D eigenvalue weighted by atomic mass is 10.0. The molecule has 0 bridgehead atoms. The topological polar surface area (TPSA) is 84.9 Å². The van der Waals surface area contributed by atoms with Gasteiger partial charge in [0.15, 0.2) is 17.1 Å². The summed E-state index contributed by atoms with van der Waals surface area (Å²) in [6, 6.07) is 2.92. The van der Waals surface area contributed by atoms with Gasteiger partial charge in [-0.3, -0.25) is 4.79 Å². The monoisotopic (exact) mass is 331 g/mol. The molecule has 0 aliphatic carbocycles. The zero-order valence-corrected chi connectivity index (χ0v) is 12.9. The van der Waals surface area contributed by atoms with Crippen molar-refractivity contribution in [3.8, 4) is 5.75 Å². The first kappa shape index (κ1) is 18.8. The van der Waals surface area contributed by atoms with E-state index in [0.717, 1.165) is 12.1 Å². The Morgan fingerprint density at radius 2 is 2.04 bits per heavy atom. The van der Waals surface area contributed by atoms with Crippen LogP contribution in [0.15, 0.2) is 18.2 Å². The second-order valence-electron chi connectivity index (χ2n) is 5.15. The maximum Gasteiger partial charge on any atom is 0.331 e. The average Bonchev–Trinajstić information content (AvgIpc) is 2.45. The van der Waals surface area contributed by atoms with Gasteiger partial charge >= 0.3 is 5.97 Å². The number of benzene rings is 1. The summed E-state index contributed by atoms with van der Waals surface area (Å²) in [5.41, 5.74) is -1.52. The van der Waals surface area contributed by atoms with E-state index in [2.05, 4.69) is 5.32 Å². The molecule has 0 radical (unpaired) electrons. The summed E-state index contributed by atoms with van der Waals surface area (Å²) in [6.45, 7) is 1.19. The summed E-state index contributed by atoms with van der Waals surface area (Å²) in [7, 11) is 1.33. The van der Waals surface area contributed by atoms with E-state index in [1.165, 1.54) is 14.0 Å². The average molecular weight is 331 g/mol. The molecule has 1 amide bonds. The lowest BCUT2D eigenvalue weighted by molar-refractivity contribution is -0.149. The fraction of sp³-hybridized carbons (Fsp3) is 0.467. The minimum Gasteiger partial charge on any atom is -0.491 e. The van der Waals surface area contributed by atoms with Crippen molar-refractivity contribution >= 4 is 11.9 Å². The molecule has 1 unspecified atom stereocenters. The van der Waals surface area contributed by atoms with Gasteiger partial charge in [0.25, 0.3) is 0 Å². The Kier molecular flexibility index (Phi) is 6.89. The van der Waals surface area contributed by atoms with E-state index in [1.807, 2.05) is 0 Å². The van der Waals surface area contributed by atoms with Crippen molar-refractivity contribution in [2.45, 2.75) is 25.3 Å². The highest BCUT2D eigenvalue weighted by atomic mass is 19.1. The molecule has 1 aromatic carbocycles. The van der Waals surface area contributed by atoms with E-state index in [0.29, 0.717) is 6.07 Å². The summed E-state index contributed by atoms with van der Waals surface area (Å²) in [6.07, 6.45) is 0.237. The fourth-order valence-electron chi connectivity index (χ4n) is 1.82. The van der Waals surface area contributed by atoms with Gasteiger partial charge in [0, 0.05) is 19.6 Å². The molecule has 2 N–H and O–H groups in total. The van der Waals surface area contributed by atoms with E-state index in [9.17, 15) is 18.4 Å². The number of amides is 1. The number of halogens is 2. The Morgan fingerprint density at radius 3 is 2.61 bits per heavy atom. The van der Waals surface area contributed by atoms with Crippen LogP contribution in [0.3, 0.4) is 0 Å². The Hall–Kier alpha value is -2.22. The van der Waals surface area contributed by atoms with Gasteiger partial charge in [-0.2, -0.15) is 0 Å². The number of methoxy groups -OCH3 is 1. The van der Waals surface area contributed by atoms with Crippen LogP contribution in [-0.4, -0.2) is 42.8 Å². The molecular formula is C15H19F2NO5. The molecular weight excluding hydrogens is 312 g/mol. The number of carboxylic acid groups (broad SMARTS) is 1. The Morgan fingerprint density at radius 1 is 1.35 bits per heavy atom. The van der Waals surface area contributed by atoms with Gasteiger partial charge in [-0.15, -0.1) is 0 Å². The highest BCUT2D eigenvalue weighted by Gasteiger charge is 2.34. The summed E-state index contributed by atoms with van der Waals surface area (Å²) >= 11 is 0. The Bertz CT molecular complexity index is 567. The summed E-state index contributed by atoms with van der Waals surface area (Å²) in [5, 5.41) is 11.5. The van der Waals surface area contributed by atoms with Crippen molar-refractivity contribution in [3.05, 3.63) is 29.8 Å². The molecule has 0 heterocycles. The molecule has 0 saturated carbocycles. The predicted molar refractivity (Wildman–Crippen MR) is 77.1 cm³/mol. The zero-order valence-electron chi connectivity index (χ0n) is 12.9. The maximum absolute atomic E-state index is 13.3. The maximum atomic E-state index is 13.3. The molecule has 8 heteroatoms. The van der Waals surface area contributed by atoms with Crippen molar-refractivity contribution in [3.63, 3.8) is 0 Å². The largest absolute Gasteiger partial charge is 0.491 e. The lowest BCUT2D eigenvalue weighted by Gasteiger charge is -2.25. The van der Waals surface area contributed by atoms with E-state index in [1.54, 1.807) is 0 Å². The third-order valence-corrected chi connectivity index (χ3v) is 3.02. The first-order valence-corrected chi connectivity index (χ1v) is 6.89. The number of ether oxygens (including phenoxy) is 2. The zero-order chi connectivity index (χ0) is 17.5. The number of aliphatic carboxylic acids is 1. The summed E-state index contributed by atoms with van der Waals surface area (Å²) < 4.78 is 35.9. The number of rotatable bonds is 9. The van der Waals surface area contributed by atoms with Crippen LogP contribution in [0, 0.1) is 11.6 Å². The molecule has 0 aromatic heterocycles. The standard InChI is InChI=1S/C15H19F2NO5/c1-15(9-22-2,14(20)21)18-13(19)4-3-7-23-12-6-5-10(16)8-11(12)17/h5-6,8H,3-4,7,9H2,1-2H3,(H,18,19)(H,20,21). The van der Waals surface area contributed by atoms with Crippen LogP contribution in [-0.2, 0) is 14.3 Å². The smallest absolute Gasteiger partial charge is 0.331 e. The molecule has 0 saturated heterocycles. The van der Waals surface area contributed by atoms with Gasteiger partial charge in [0.1, 0.15) is 5.82 Å². The molecule has 6 nitrogen and oxygen atoms in total. The van der Waals surface area contributed by atoms with Crippen molar-refractivity contribution in [1.82, 2.24) is 5.32 Å². The minimum absolute atomic E-state index is 0.00457. The number of carboxylic acids is 1. The van der Waals surface area contributed by atoms with Gasteiger partial charge < -0.3 is 19.9 Å². The van der Waals surface area contributed by atoms with Crippen molar-refractivity contribution < 1.29 is 33.0 Å². The molecule has 1 atom stereocenters. The summed E-state index contributed by atoms with van der Waals surface area (Å²) in [4.78, 5) is 22.9. The number of carbonyl (C=O) groups excluding carboxylic acids is 1. The molecule has 1 rings (SSSR count). The van der Waals surface area contributed by atoms with Gasteiger partial charge in [-0.25, -0.2) is 13.6 Å². The van der Waals surface area contributed by atoms with Gasteiger partial charge in [-0.1, -0.05) is 0 Å². The van der Waals surface area contributed by atoms with Crippen LogP contribution in [0.4, 0.5) is 8.78 Å². The van der Waals surface area contributed by atoms with Gasteiger partial charge in [0.2, 0.25) is 5.91 Å². The van der Waals surface area contributed by atoms with Crippen LogP contribution >= 0.6 is 0 Å². The van der Waals surface area contributed by atoms with Crippen LogP contribution in [0.2, 0.25) is 0 Å². The quantitative estimate of drug-likeness (QED) is 0.673. The van der Waals surface area contributed by atoms with Crippen molar-refractivity contribution in [2.24, 2.45) is 0 Å². The third-order valence-electron chi connectivity index (χ3n) is 3.02. The first-order valence-electron chi connectivity index (χ1n) is 6.89. The second kappa shape index (κ2) is 8.42. The van der Waals surface area contributed by atoms with Crippen LogP contribution < -0.4 is 10.1 Å². The highest BCUT2D eigenvalue weighted by molar-refractivity contribution is 5.86. The number of hydrogen-bond acceptors (Lipinski definition) is 4. The van der Waals surface area contributed by atoms with E-state index in [-0.39, 0.29) is 31.8 Å². The van der Waals surface area contributed by atoms with Crippen LogP contribution in [0.25, 0.3) is 0 Å². The van der Waals surface area contributed by atoms with E-state index >= 15 is 0 Å². The molecule has 23 heavy (non-hydrogen) atoms. The predicted octanol–water partition coefficient (Wildman–Crippen LogP) is 1.73. The second-order valence-corrected chi connectivity index (χ2v) is 5.15. The normalized spacial score (nSPS) is 13.2. The van der Waals surface area contributed by atoms with E-state index < -0.39 is 29.0 Å². The molecule has 0 fully saturated rings. The first-order chi connectivity index (χ1) is 10.8. The Labute approximate surface area is 132 Å². The number of hydrogen-bond donors (Lipinski definition) is 2.